The van der Waals surface area contributed by atoms with Crippen LogP contribution in [0, 0.1) is 11.8 Å². The molecule has 106 valence electrons. The zero-order valence-corrected chi connectivity index (χ0v) is 12.5. The van der Waals surface area contributed by atoms with E-state index in [1.807, 2.05) is 0 Å². The standard InChI is InChI=1S/C15H30N2O/c1-5-7-14(16-8-6-2)11-17-10-13(12(3)4)9-15(17)18/h12-14,16H,5-11H2,1-4H3. The number of rotatable bonds is 8. The highest BCUT2D eigenvalue weighted by molar-refractivity contribution is 5.78. The normalized spacial score (nSPS) is 21.9. The van der Waals surface area contributed by atoms with Gasteiger partial charge in [-0.15, -0.1) is 0 Å². The van der Waals surface area contributed by atoms with Gasteiger partial charge in [-0.05, 0) is 31.2 Å². The van der Waals surface area contributed by atoms with Crippen LogP contribution >= 0.6 is 0 Å². The number of amides is 1. The maximum atomic E-state index is 12.0. The Morgan fingerprint density at radius 2 is 2.06 bits per heavy atom. The highest BCUT2D eigenvalue weighted by Gasteiger charge is 2.32. The van der Waals surface area contributed by atoms with Crippen molar-refractivity contribution in [3.8, 4) is 0 Å². The Morgan fingerprint density at radius 1 is 1.33 bits per heavy atom. The second-order valence-electron chi connectivity index (χ2n) is 5.95. The van der Waals surface area contributed by atoms with Gasteiger partial charge in [0.1, 0.15) is 0 Å². The van der Waals surface area contributed by atoms with Crippen LogP contribution in [0.3, 0.4) is 0 Å². The van der Waals surface area contributed by atoms with Crippen molar-refractivity contribution < 1.29 is 4.79 Å². The highest BCUT2D eigenvalue weighted by Crippen LogP contribution is 2.25. The Labute approximate surface area is 112 Å². The molecule has 0 spiro atoms. The topological polar surface area (TPSA) is 32.3 Å². The minimum atomic E-state index is 0.355. The van der Waals surface area contributed by atoms with Crippen LogP contribution in [0.5, 0.6) is 0 Å². The summed E-state index contributed by atoms with van der Waals surface area (Å²) in [4.78, 5) is 14.1. The highest BCUT2D eigenvalue weighted by atomic mass is 16.2. The minimum absolute atomic E-state index is 0.355. The van der Waals surface area contributed by atoms with Crippen molar-refractivity contribution >= 4 is 5.91 Å². The molecule has 0 aromatic rings. The molecule has 1 aliphatic rings. The van der Waals surface area contributed by atoms with Gasteiger partial charge in [0.2, 0.25) is 5.91 Å². The molecule has 0 bridgehead atoms. The number of nitrogens with one attached hydrogen (secondary N) is 1. The molecule has 0 radical (unpaired) electrons. The number of hydrogen-bond donors (Lipinski definition) is 1. The van der Waals surface area contributed by atoms with Gasteiger partial charge in [0, 0.05) is 25.6 Å². The number of carbonyl (C=O) groups excluding carboxylic acids is 1. The Hall–Kier alpha value is -0.570. The first-order chi connectivity index (χ1) is 8.58. The summed E-state index contributed by atoms with van der Waals surface area (Å²) in [5, 5.41) is 3.57. The molecule has 1 aliphatic heterocycles. The van der Waals surface area contributed by atoms with E-state index in [4.69, 9.17) is 0 Å². The monoisotopic (exact) mass is 254 g/mol. The van der Waals surface area contributed by atoms with E-state index in [0.29, 0.717) is 23.8 Å². The molecule has 1 amide bonds. The van der Waals surface area contributed by atoms with Crippen molar-refractivity contribution in [3.63, 3.8) is 0 Å². The second kappa shape index (κ2) is 7.78. The maximum absolute atomic E-state index is 12.0. The van der Waals surface area contributed by atoms with E-state index in [9.17, 15) is 4.79 Å². The van der Waals surface area contributed by atoms with Gasteiger partial charge < -0.3 is 10.2 Å². The summed E-state index contributed by atoms with van der Waals surface area (Å²) in [7, 11) is 0. The predicted molar refractivity (Wildman–Crippen MR) is 76.5 cm³/mol. The van der Waals surface area contributed by atoms with Gasteiger partial charge in [-0.3, -0.25) is 4.79 Å². The zero-order chi connectivity index (χ0) is 13.5. The average Bonchev–Trinajstić information content (AvgIpc) is 2.68. The van der Waals surface area contributed by atoms with Crippen LogP contribution in [0.25, 0.3) is 0 Å². The van der Waals surface area contributed by atoms with Gasteiger partial charge >= 0.3 is 0 Å². The third kappa shape index (κ3) is 4.60. The van der Waals surface area contributed by atoms with E-state index in [1.54, 1.807) is 0 Å². The van der Waals surface area contributed by atoms with Crippen molar-refractivity contribution in [2.24, 2.45) is 11.8 Å². The second-order valence-corrected chi connectivity index (χ2v) is 5.95. The van der Waals surface area contributed by atoms with E-state index < -0.39 is 0 Å². The van der Waals surface area contributed by atoms with Crippen LogP contribution in [0.2, 0.25) is 0 Å². The molecule has 1 N–H and O–H groups in total. The molecule has 0 aromatic heterocycles. The van der Waals surface area contributed by atoms with Crippen LogP contribution < -0.4 is 5.32 Å². The van der Waals surface area contributed by atoms with E-state index in [0.717, 1.165) is 38.9 Å². The SMILES string of the molecule is CCCNC(CCC)CN1CC(C(C)C)CC1=O. The molecule has 1 rings (SSSR count). The largest absolute Gasteiger partial charge is 0.341 e. The van der Waals surface area contributed by atoms with Crippen molar-refractivity contribution in [2.45, 2.75) is 59.4 Å². The summed E-state index contributed by atoms with van der Waals surface area (Å²) in [5.74, 6) is 1.53. The van der Waals surface area contributed by atoms with E-state index >= 15 is 0 Å². The van der Waals surface area contributed by atoms with Crippen molar-refractivity contribution in [1.82, 2.24) is 10.2 Å². The van der Waals surface area contributed by atoms with Crippen LogP contribution in [0.4, 0.5) is 0 Å². The maximum Gasteiger partial charge on any atom is 0.222 e. The van der Waals surface area contributed by atoms with E-state index in [-0.39, 0.29) is 0 Å². The minimum Gasteiger partial charge on any atom is -0.341 e. The molecule has 1 heterocycles. The van der Waals surface area contributed by atoms with Crippen molar-refractivity contribution in [1.29, 1.82) is 0 Å². The summed E-state index contributed by atoms with van der Waals surface area (Å²) < 4.78 is 0. The number of carbonyl (C=O) groups is 1. The fraction of sp³-hybridized carbons (Fsp3) is 0.933. The predicted octanol–water partition coefficient (Wildman–Crippen LogP) is 2.66. The lowest BCUT2D eigenvalue weighted by Crippen LogP contribution is -2.42. The molecule has 0 aliphatic carbocycles. The molecule has 1 saturated heterocycles. The Kier molecular flexibility index (Phi) is 6.69. The molecular weight excluding hydrogens is 224 g/mol. The molecule has 3 heteroatoms. The van der Waals surface area contributed by atoms with Gasteiger partial charge in [-0.2, -0.15) is 0 Å². The first-order valence-electron chi connectivity index (χ1n) is 7.59. The smallest absolute Gasteiger partial charge is 0.222 e. The fourth-order valence-electron chi connectivity index (χ4n) is 2.65. The summed E-state index contributed by atoms with van der Waals surface area (Å²) in [6.45, 7) is 11.8. The van der Waals surface area contributed by atoms with Crippen LogP contribution in [-0.2, 0) is 4.79 Å². The lowest BCUT2D eigenvalue weighted by Gasteiger charge is -2.25. The molecule has 3 nitrogen and oxygen atoms in total. The summed E-state index contributed by atoms with van der Waals surface area (Å²) >= 11 is 0. The van der Waals surface area contributed by atoms with Gasteiger partial charge in [-0.1, -0.05) is 34.1 Å². The summed E-state index contributed by atoms with van der Waals surface area (Å²) in [6.07, 6.45) is 4.25. The van der Waals surface area contributed by atoms with Crippen molar-refractivity contribution in [3.05, 3.63) is 0 Å². The third-order valence-corrected chi connectivity index (χ3v) is 3.95. The number of nitrogens with zero attached hydrogens (tertiary/aromatic N) is 1. The summed E-state index contributed by atoms with van der Waals surface area (Å²) in [6, 6.07) is 0.477. The molecule has 1 fully saturated rings. The molecule has 18 heavy (non-hydrogen) atoms. The van der Waals surface area contributed by atoms with Gasteiger partial charge in [-0.25, -0.2) is 0 Å². The molecule has 2 unspecified atom stereocenters. The Morgan fingerprint density at radius 3 is 2.56 bits per heavy atom. The Bertz CT molecular complexity index is 253. The Balaban J connectivity index is 2.45. The van der Waals surface area contributed by atoms with Crippen LogP contribution in [0.1, 0.15) is 53.4 Å². The van der Waals surface area contributed by atoms with Crippen LogP contribution in [-0.4, -0.2) is 36.5 Å². The molecular formula is C15H30N2O. The first-order valence-corrected chi connectivity index (χ1v) is 7.59. The van der Waals surface area contributed by atoms with Gasteiger partial charge in [0.25, 0.3) is 0 Å². The van der Waals surface area contributed by atoms with Gasteiger partial charge in [0.05, 0.1) is 0 Å². The van der Waals surface area contributed by atoms with E-state index in [1.165, 1.54) is 6.42 Å². The molecule has 0 saturated carbocycles. The number of likely N-dealkylation sites (tertiary alicyclic amines) is 1. The fourth-order valence-corrected chi connectivity index (χ4v) is 2.65. The first kappa shape index (κ1) is 15.5. The third-order valence-electron chi connectivity index (χ3n) is 3.95. The molecule has 2 atom stereocenters. The lowest BCUT2D eigenvalue weighted by atomic mass is 9.95. The van der Waals surface area contributed by atoms with Crippen LogP contribution in [0.15, 0.2) is 0 Å². The summed E-state index contributed by atoms with van der Waals surface area (Å²) in [5.41, 5.74) is 0. The van der Waals surface area contributed by atoms with E-state index in [2.05, 4.69) is 37.9 Å². The van der Waals surface area contributed by atoms with Crippen molar-refractivity contribution in [2.75, 3.05) is 19.6 Å². The van der Waals surface area contributed by atoms with Gasteiger partial charge in [0.15, 0.2) is 0 Å². The zero-order valence-electron chi connectivity index (χ0n) is 12.5. The molecule has 0 aromatic carbocycles. The average molecular weight is 254 g/mol. The lowest BCUT2D eigenvalue weighted by molar-refractivity contribution is -0.128. The quantitative estimate of drug-likeness (QED) is 0.722. The number of hydrogen-bond acceptors (Lipinski definition) is 2.